The van der Waals surface area contributed by atoms with Crippen molar-refractivity contribution < 1.29 is 14.3 Å². The van der Waals surface area contributed by atoms with E-state index in [2.05, 4.69) is 4.90 Å². The van der Waals surface area contributed by atoms with Gasteiger partial charge < -0.3 is 5.11 Å². The van der Waals surface area contributed by atoms with Gasteiger partial charge in [-0.05, 0) is 43.9 Å². The molecule has 0 heterocycles. The maximum atomic E-state index is 13.2. The molecule has 4 heteroatoms. The van der Waals surface area contributed by atoms with Gasteiger partial charge in [-0.3, -0.25) is 9.69 Å². The number of aliphatic carboxylic acids is 1. The van der Waals surface area contributed by atoms with Crippen LogP contribution in [0.3, 0.4) is 0 Å². The Morgan fingerprint density at radius 1 is 1.45 bits per heavy atom. The third kappa shape index (κ3) is 4.04. The molecule has 1 fully saturated rings. The third-order valence-corrected chi connectivity index (χ3v) is 4.10. The summed E-state index contributed by atoms with van der Waals surface area (Å²) < 4.78 is 13.2. The highest BCUT2D eigenvalue weighted by atomic mass is 19.1. The number of carboxylic acids is 1. The molecule has 0 aromatic heterocycles. The average Bonchev–Trinajstić information content (AvgIpc) is 2.89. The molecule has 0 spiro atoms. The molecule has 1 N–H and O–H groups in total. The summed E-state index contributed by atoms with van der Waals surface area (Å²) in [6.45, 7) is 2.10. The largest absolute Gasteiger partial charge is 0.480 e. The number of hydrogen-bond acceptors (Lipinski definition) is 2. The van der Waals surface area contributed by atoms with Crippen molar-refractivity contribution >= 4 is 5.97 Å². The summed E-state index contributed by atoms with van der Waals surface area (Å²) in [4.78, 5) is 13.1. The molecule has 3 nitrogen and oxygen atoms in total. The average molecular weight is 279 g/mol. The molecule has 20 heavy (non-hydrogen) atoms. The zero-order chi connectivity index (χ0) is 14.5. The Kier molecular flexibility index (Phi) is 5.12. The first-order valence-corrected chi connectivity index (χ1v) is 7.28. The number of nitrogens with zero attached hydrogens (tertiary/aromatic N) is 1. The minimum absolute atomic E-state index is 0.0706. The van der Waals surface area contributed by atoms with Crippen LogP contribution in [0.5, 0.6) is 0 Å². The fourth-order valence-electron chi connectivity index (χ4n) is 3.16. The molecular formula is C16H22FNO2. The lowest BCUT2D eigenvalue weighted by molar-refractivity contribution is -0.139. The lowest BCUT2D eigenvalue weighted by Gasteiger charge is -2.33. The van der Waals surface area contributed by atoms with Crippen LogP contribution in [0.1, 0.15) is 38.2 Å². The number of hydrogen-bond donors (Lipinski definition) is 1. The van der Waals surface area contributed by atoms with Crippen LogP contribution in [-0.2, 0) is 11.2 Å². The van der Waals surface area contributed by atoms with Crippen molar-refractivity contribution in [2.75, 3.05) is 6.54 Å². The van der Waals surface area contributed by atoms with Crippen LogP contribution < -0.4 is 0 Å². The highest BCUT2D eigenvalue weighted by molar-refractivity contribution is 5.69. The van der Waals surface area contributed by atoms with Gasteiger partial charge >= 0.3 is 5.97 Å². The number of carbonyl (C=O) groups is 1. The second kappa shape index (κ2) is 6.84. The summed E-state index contributed by atoms with van der Waals surface area (Å²) in [7, 11) is 0. The topological polar surface area (TPSA) is 40.5 Å². The number of benzene rings is 1. The molecule has 1 aliphatic carbocycles. The van der Waals surface area contributed by atoms with Gasteiger partial charge in [0.15, 0.2) is 0 Å². The molecule has 1 saturated carbocycles. The second-order valence-corrected chi connectivity index (χ2v) is 5.69. The summed E-state index contributed by atoms with van der Waals surface area (Å²) in [5.41, 5.74) is 0.922. The van der Waals surface area contributed by atoms with Crippen LogP contribution in [0.15, 0.2) is 24.3 Å². The molecule has 0 aliphatic heterocycles. The van der Waals surface area contributed by atoms with Gasteiger partial charge in [-0.25, -0.2) is 4.39 Å². The van der Waals surface area contributed by atoms with Crippen molar-refractivity contribution in [3.8, 4) is 0 Å². The summed E-state index contributed by atoms with van der Waals surface area (Å²) in [6, 6.07) is 7.02. The Balaban J connectivity index is 2.05. The Labute approximate surface area is 119 Å². The molecule has 1 aliphatic rings. The highest BCUT2D eigenvalue weighted by Gasteiger charge is 2.28. The van der Waals surface area contributed by atoms with Gasteiger partial charge in [0.2, 0.25) is 0 Å². The van der Waals surface area contributed by atoms with Crippen LogP contribution >= 0.6 is 0 Å². The summed E-state index contributed by atoms with van der Waals surface area (Å²) in [6.07, 6.45) is 5.17. The van der Waals surface area contributed by atoms with Crippen molar-refractivity contribution in [3.63, 3.8) is 0 Å². The quantitative estimate of drug-likeness (QED) is 0.870. The molecule has 1 atom stereocenters. The van der Waals surface area contributed by atoms with E-state index in [1.165, 1.54) is 25.0 Å². The number of carboxylic acid groups (broad SMARTS) is 1. The van der Waals surface area contributed by atoms with Crippen LogP contribution in [-0.4, -0.2) is 34.6 Å². The van der Waals surface area contributed by atoms with Crippen molar-refractivity contribution in [1.29, 1.82) is 0 Å². The molecular weight excluding hydrogens is 257 g/mol. The van der Waals surface area contributed by atoms with Gasteiger partial charge in [-0.1, -0.05) is 25.0 Å². The number of rotatable bonds is 6. The second-order valence-electron chi connectivity index (χ2n) is 5.69. The van der Waals surface area contributed by atoms with Gasteiger partial charge in [0.25, 0.3) is 0 Å². The Morgan fingerprint density at radius 3 is 2.75 bits per heavy atom. The molecule has 1 unspecified atom stereocenters. The lowest BCUT2D eigenvalue weighted by atomic mass is 10.0. The lowest BCUT2D eigenvalue weighted by Crippen LogP contribution is -2.44. The monoisotopic (exact) mass is 279 g/mol. The maximum Gasteiger partial charge on any atom is 0.317 e. The zero-order valence-corrected chi connectivity index (χ0v) is 11.9. The summed E-state index contributed by atoms with van der Waals surface area (Å²) in [5, 5.41) is 9.10. The first-order valence-electron chi connectivity index (χ1n) is 7.28. The van der Waals surface area contributed by atoms with Gasteiger partial charge in [-0.15, -0.1) is 0 Å². The normalized spacial score (nSPS) is 17.6. The molecule has 1 aromatic carbocycles. The highest BCUT2D eigenvalue weighted by Crippen LogP contribution is 2.26. The molecule has 1 aromatic rings. The molecule has 0 saturated heterocycles. The summed E-state index contributed by atoms with van der Waals surface area (Å²) in [5.74, 6) is -1.02. The summed E-state index contributed by atoms with van der Waals surface area (Å²) >= 11 is 0. The van der Waals surface area contributed by atoms with Gasteiger partial charge in [0, 0.05) is 12.1 Å². The predicted molar refractivity (Wildman–Crippen MR) is 76.2 cm³/mol. The van der Waals surface area contributed by atoms with E-state index in [1.807, 2.05) is 13.0 Å². The van der Waals surface area contributed by atoms with Crippen LogP contribution in [0, 0.1) is 5.82 Å². The standard InChI is InChI=1S/C16H22FNO2/c1-12(9-13-5-4-6-14(17)10-13)18(11-16(19)20)15-7-2-3-8-15/h4-6,10,12,15H,2-3,7-9,11H2,1H3,(H,19,20). The minimum atomic E-state index is -0.789. The van der Waals surface area contributed by atoms with E-state index in [9.17, 15) is 9.18 Å². The molecule has 2 rings (SSSR count). The van der Waals surface area contributed by atoms with E-state index in [1.54, 1.807) is 6.07 Å². The van der Waals surface area contributed by atoms with E-state index in [-0.39, 0.29) is 18.4 Å². The van der Waals surface area contributed by atoms with Crippen LogP contribution in [0.4, 0.5) is 4.39 Å². The molecule has 0 radical (unpaired) electrons. The smallest absolute Gasteiger partial charge is 0.317 e. The first-order chi connectivity index (χ1) is 9.56. The fraction of sp³-hybridized carbons (Fsp3) is 0.562. The predicted octanol–water partition coefficient (Wildman–Crippen LogP) is 3.09. The van der Waals surface area contributed by atoms with Crippen molar-refractivity contribution in [2.45, 2.75) is 51.1 Å². The molecule has 110 valence electrons. The maximum absolute atomic E-state index is 13.2. The fourth-order valence-corrected chi connectivity index (χ4v) is 3.16. The van der Waals surface area contributed by atoms with Gasteiger partial charge in [0.1, 0.15) is 5.82 Å². The first kappa shape index (κ1) is 15.0. The van der Waals surface area contributed by atoms with Gasteiger partial charge in [-0.2, -0.15) is 0 Å². The van der Waals surface area contributed by atoms with Gasteiger partial charge in [0.05, 0.1) is 6.54 Å². The van der Waals surface area contributed by atoms with Crippen LogP contribution in [0.25, 0.3) is 0 Å². The van der Waals surface area contributed by atoms with Crippen molar-refractivity contribution in [1.82, 2.24) is 4.90 Å². The van der Waals surface area contributed by atoms with Crippen molar-refractivity contribution in [2.24, 2.45) is 0 Å². The van der Waals surface area contributed by atoms with E-state index in [0.29, 0.717) is 12.5 Å². The zero-order valence-electron chi connectivity index (χ0n) is 11.9. The number of halogens is 1. The Bertz CT molecular complexity index is 458. The van der Waals surface area contributed by atoms with E-state index < -0.39 is 5.97 Å². The third-order valence-electron chi connectivity index (χ3n) is 4.10. The molecule has 0 amide bonds. The van der Waals surface area contributed by atoms with E-state index in [4.69, 9.17) is 5.11 Å². The minimum Gasteiger partial charge on any atom is -0.480 e. The van der Waals surface area contributed by atoms with E-state index in [0.717, 1.165) is 18.4 Å². The van der Waals surface area contributed by atoms with Crippen molar-refractivity contribution in [3.05, 3.63) is 35.6 Å². The van der Waals surface area contributed by atoms with E-state index >= 15 is 0 Å². The molecule has 0 bridgehead atoms. The van der Waals surface area contributed by atoms with Crippen LogP contribution in [0.2, 0.25) is 0 Å². The Hall–Kier alpha value is -1.42. The Morgan fingerprint density at radius 2 is 2.15 bits per heavy atom. The SMILES string of the molecule is CC(Cc1cccc(F)c1)N(CC(=O)O)C1CCCC1.